The number of hydrogen-bond acceptors (Lipinski definition) is 3. The van der Waals surface area contributed by atoms with Crippen molar-refractivity contribution in [2.45, 2.75) is 6.92 Å². The van der Waals surface area contributed by atoms with Crippen LogP contribution >= 0.6 is 15.9 Å². The Balaban J connectivity index is 2.39. The van der Waals surface area contributed by atoms with Crippen molar-refractivity contribution in [2.75, 3.05) is 6.61 Å². The van der Waals surface area contributed by atoms with Gasteiger partial charge in [-0.25, -0.2) is 4.79 Å². The lowest BCUT2D eigenvalue weighted by Gasteiger charge is -2.01. The number of aromatic amines is 1. The van der Waals surface area contributed by atoms with Crippen LogP contribution in [0.4, 0.5) is 0 Å². The molecule has 1 N–H and O–H groups in total. The molecule has 0 spiro atoms. The van der Waals surface area contributed by atoms with Crippen LogP contribution in [0.25, 0.3) is 10.9 Å². The first-order valence-corrected chi connectivity index (χ1v) is 5.91. The average Bonchev–Trinajstić information content (AvgIpc) is 2.70. The summed E-state index contributed by atoms with van der Waals surface area (Å²) in [4.78, 5) is 26.1. The third-order valence-electron chi connectivity index (χ3n) is 2.35. The van der Waals surface area contributed by atoms with E-state index in [1.807, 2.05) is 0 Å². The van der Waals surface area contributed by atoms with Gasteiger partial charge < -0.3 is 9.72 Å². The fourth-order valence-electron chi connectivity index (χ4n) is 1.54. The summed E-state index contributed by atoms with van der Waals surface area (Å²) >= 11 is 3.36. The molecule has 2 aromatic rings. The number of benzene rings is 1. The normalized spacial score (nSPS) is 10.5. The van der Waals surface area contributed by atoms with Crippen LogP contribution in [0.5, 0.6) is 0 Å². The SMILES string of the molecule is CCOC(=O)C(=O)c1ccc2[nH]cc(Br)c2c1. The highest BCUT2D eigenvalue weighted by atomic mass is 79.9. The molecule has 0 radical (unpaired) electrons. The molecular formula is C12H10BrNO3. The first-order chi connectivity index (χ1) is 8.13. The molecule has 1 aromatic carbocycles. The highest BCUT2D eigenvalue weighted by Gasteiger charge is 2.18. The maximum atomic E-state index is 11.7. The number of H-pyrrole nitrogens is 1. The van der Waals surface area contributed by atoms with Crippen LogP contribution in [0.1, 0.15) is 17.3 Å². The van der Waals surface area contributed by atoms with Gasteiger partial charge in [0.25, 0.3) is 5.78 Å². The van der Waals surface area contributed by atoms with Crippen molar-refractivity contribution in [3.8, 4) is 0 Å². The van der Waals surface area contributed by atoms with Crippen molar-refractivity contribution >= 4 is 38.6 Å². The Hall–Kier alpha value is -1.62. The third kappa shape index (κ3) is 2.24. The number of nitrogens with one attached hydrogen (secondary N) is 1. The fraction of sp³-hybridized carbons (Fsp3) is 0.167. The topological polar surface area (TPSA) is 59.2 Å². The smallest absolute Gasteiger partial charge is 0.379 e. The second kappa shape index (κ2) is 4.71. The Morgan fingerprint density at radius 2 is 2.18 bits per heavy atom. The Bertz CT molecular complexity index is 588. The molecule has 1 aromatic heterocycles. The molecule has 88 valence electrons. The monoisotopic (exact) mass is 295 g/mol. The number of carbonyl (C=O) groups excluding carboxylic acids is 2. The molecule has 4 nitrogen and oxygen atoms in total. The van der Waals surface area contributed by atoms with E-state index in [1.54, 1.807) is 31.3 Å². The van der Waals surface area contributed by atoms with Crippen LogP contribution in [0.2, 0.25) is 0 Å². The molecule has 0 aliphatic rings. The van der Waals surface area contributed by atoms with Crippen molar-refractivity contribution in [1.82, 2.24) is 4.98 Å². The van der Waals surface area contributed by atoms with Crippen molar-refractivity contribution in [3.63, 3.8) is 0 Å². The molecule has 0 saturated carbocycles. The lowest BCUT2D eigenvalue weighted by atomic mass is 10.1. The highest BCUT2D eigenvalue weighted by molar-refractivity contribution is 9.10. The number of Topliss-reactive ketones (excluding diaryl/α,β-unsaturated/α-hetero) is 1. The van der Waals surface area contributed by atoms with Gasteiger partial charge in [-0.3, -0.25) is 4.79 Å². The van der Waals surface area contributed by atoms with Crippen LogP contribution in [0.15, 0.2) is 28.9 Å². The van der Waals surface area contributed by atoms with Crippen molar-refractivity contribution in [2.24, 2.45) is 0 Å². The van der Waals surface area contributed by atoms with E-state index in [9.17, 15) is 9.59 Å². The molecule has 1 heterocycles. The van der Waals surface area contributed by atoms with E-state index < -0.39 is 11.8 Å². The first kappa shape index (κ1) is 11.9. The largest absolute Gasteiger partial charge is 0.460 e. The second-order valence-corrected chi connectivity index (χ2v) is 4.30. The predicted molar refractivity (Wildman–Crippen MR) is 67.0 cm³/mol. The van der Waals surface area contributed by atoms with Crippen LogP contribution in [0.3, 0.4) is 0 Å². The fourth-order valence-corrected chi connectivity index (χ4v) is 1.98. The number of rotatable bonds is 3. The molecule has 0 saturated heterocycles. The summed E-state index contributed by atoms with van der Waals surface area (Å²) in [5, 5.41) is 0.861. The molecule has 5 heteroatoms. The van der Waals surface area contributed by atoms with E-state index in [2.05, 4.69) is 25.7 Å². The van der Waals surface area contributed by atoms with Gasteiger partial charge in [-0.05, 0) is 41.1 Å². The quantitative estimate of drug-likeness (QED) is 0.538. The molecular weight excluding hydrogens is 286 g/mol. The molecule has 0 aliphatic heterocycles. The Morgan fingerprint density at radius 1 is 1.41 bits per heavy atom. The van der Waals surface area contributed by atoms with Gasteiger partial charge in [-0.1, -0.05) is 0 Å². The van der Waals surface area contributed by atoms with Crippen LogP contribution in [0, 0.1) is 0 Å². The number of halogens is 1. The number of carbonyl (C=O) groups is 2. The maximum Gasteiger partial charge on any atom is 0.379 e. The van der Waals surface area contributed by atoms with Crippen LogP contribution < -0.4 is 0 Å². The van der Waals surface area contributed by atoms with E-state index in [0.717, 1.165) is 15.4 Å². The minimum Gasteiger partial charge on any atom is -0.460 e. The molecule has 0 bridgehead atoms. The second-order valence-electron chi connectivity index (χ2n) is 3.45. The van der Waals surface area contributed by atoms with Gasteiger partial charge in [0.2, 0.25) is 0 Å². The molecule has 0 fully saturated rings. The zero-order valence-electron chi connectivity index (χ0n) is 9.12. The summed E-state index contributed by atoms with van der Waals surface area (Å²) in [5.74, 6) is -1.44. The van der Waals surface area contributed by atoms with Crippen molar-refractivity contribution in [1.29, 1.82) is 0 Å². The van der Waals surface area contributed by atoms with Gasteiger partial charge in [0.15, 0.2) is 0 Å². The van der Waals surface area contributed by atoms with E-state index in [1.165, 1.54) is 0 Å². The number of fused-ring (bicyclic) bond motifs is 1. The molecule has 2 rings (SSSR count). The summed E-state index contributed by atoms with van der Waals surface area (Å²) in [7, 11) is 0. The standard InChI is InChI=1S/C12H10BrNO3/c1-2-17-12(16)11(15)7-3-4-10-8(5-7)9(13)6-14-10/h3-6,14H,2H2,1H3. The van der Waals surface area contributed by atoms with E-state index >= 15 is 0 Å². The lowest BCUT2D eigenvalue weighted by molar-refractivity contribution is -0.137. The van der Waals surface area contributed by atoms with Gasteiger partial charge in [-0.2, -0.15) is 0 Å². The van der Waals surface area contributed by atoms with Gasteiger partial charge >= 0.3 is 5.97 Å². The molecule has 0 amide bonds. The van der Waals surface area contributed by atoms with Crippen molar-refractivity contribution < 1.29 is 14.3 Å². The predicted octanol–water partition coefficient (Wildman–Crippen LogP) is 2.68. The minimum atomic E-state index is -0.821. The number of ketones is 1. The van der Waals surface area contributed by atoms with E-state index in [0.29, 0.717) is 5.56 Å². The highest BCUT2D eigenvalue weighted by Crippen LogP contribution is 2.24. The van der Waals surface area contributed by atoms with Crippen molar-refractivity contribution in [3.05, 3.63) is 34.4 Å². The third-order valence-corrected chi connectivity index (χ3v) is 3.01. The minimum absolute atomic E-state index is 0.195. The summed E-state index contributed by atoms with van der Waals surface area (Å²) in [6, 6.07) is 5.02. The maximum absolute atomic E-state index is 11.7. The summed E-state index contributed by atoms with van der Waals surface area (Å²) in [6.07, 6.45) is 1.78. The Kier molecular flexibility index (Phi) is 3.28. The van der Waals surface area contributed by atoms with Crippen LogP contribution in [-0.4, -0.2) is 23.3 Å². The van der Waals surface area contributed by atoms with E-state index in [4.69, 9.17) is 0 Å². The summed E-state index contributed by atoms with van der Waals surface area (Å²) in [5.41, 5.74) is 1.23. The molecule has 0 atom stereocenters. The van der Waals surface area contributed by atoms with Gasteiger partial charge in [0.05, 0.1) is 6.61 Å². The summed E-state index contributed by atoms with van der Waals surface area (Å²) < 4.78 is 5.53. The van der Waals surface area contributed by atoms with Crippen LogP contribution in [-0.2, 0) is 9.53 Å². The summed E-state index contributed by atoms with van der Waals surface area (Å²) in [6.45, 7) is 1.86. The zero-order valence-corrected chi connectivity index (χ0v) is 10.7. The molecule has 17 heavy (non-hydrogen) atoms. The number of aromatic nitrogens is 1. The van der Waals surface area contributed by atoms with Gasteiger partial charge in [-0.15, -0.1) is 0 Å². The molecule has 0 unspecified atom stereocenters. The number of ether oxygens (including phenoxy) is 1. The average molecular weight is 296 g/mol. The lowest BCUT2D eigenvalue weighted by Crippen LogP contribution is -2.17. The Labute approximate surface area is 106 Å². The van der Waals surface area contributed by atoms with Gasteiger partial charge in [0, 0.05) is 27.1 Å². The number of hydrogen-bond donors (Lipinski definition) is 1. The van der Waals surface area contributed by atoms with Gasteiger partial charge in [0.1, 0.15) is 0 Å². The van der Waals surface area contributed by atoms with E-state index in [-0.39, 0.29) is 6.61 Å². The zero-order chi connectivity index (χ0) is 12.4. The molecule has 0 aliphatic carbocycles. The first-order valence-electron chi connectivity index (χ1n) is 5.11. The number of esters is 1. The Morgan fingerprint density at radius 3 is 2.88 bits per heavy atom.